The molecule has 3 N–H and O–H groups in total. The van der Waals surface area contributed by atoms with E-state index in [1.807, 2.05) is 7.05 Å². The van der Waals surface area contributed by atoms with E-state index in [4.69, 9.17) is 5.73 Å². The molecule has 0 atom stereocenters. The van der Waals surface area contributed by atoms with Crippen LogP contribution in [0.4, 0.5) is 0 Å². The highest BCUT2D eigenvalue weighted by Gasteiger charge is 2.23. The first-order valence-corrected chi connectivity index (χ1v) is 8.11. The zero-order chi connectivity index (χ0) is 13.2. The first-order valence-electron chi connectivity index (χ1n) is 5.75. The summed E-state index contributed by atoms with van der Waals surface area (Å²) in [4.78, 5) is 5.78. The number of hydrazine groups is 1. The summed E-state index contributed by atoms with van der Waals surface area (Å²) in [5.74, 6) is 0. The Morgan fingerprint density at radius 3 is 2.67 bits per heavy atom. The van der Waals surface area contributed by atoms with Gasteiger partial charge in [0.05, 0.1) is 4.90 Å². The van der Waals surface area contributed by atoms with Gasteiger partial charge in [-0.1, -0.05) is 0 Å². The maximum atomic E-state index is 12.2. The summed E-state index contributed by atoms with van der Waals surface area (Å²) in [6, 6.07) is 1.60. The van der Waals surface area contributed by atoms with Crippen molar-refractivity contribution in [2.75, 3.05) is 33.2 Å². The van der Waals surface area contributed by atoms with Gasteiger partial charge in [0.15, 0.2) is 0 Å². The lowest BCUT2D eigenvalue weighted by Crippen LogP contribution is -2.52. The Bertz CT molecular complexity index is 492. The van der Waals surface area contributed by atoms with Gasteiger partial charge in [0.1, 0.15) is 0 Å². The predicted molar refractivity (Wildman–Crippen MR) is 71.6 cm³/mol. The lowest BCUT2D eigenvalue weighted by molar-refractivity contribution is 0.135. The minimum absolute atomic E-state index is 0.247. The summed E-state index contributed by atoms with van der Waals surface area (Å²) in [6.07, 6.45) is 0. The quantitative estimate of drug-likeness (QED) is 0.792. The number of piperazine rings is 1. The third-order valence-electron chi connectivity index (χ3n) is 2.93. The highest BCUT2D eigenvalue weighted by Crippen LogP contribution is 2.21. The number of hydrogen-bond acceptors (Lipinski definition) is 6. The molecule has 0 saturated carbocycles. The maximum Gasteiger partial charge on any atom is 0.254 e. The molecule has 2 rings (SSSR count). The molecule has 0 spiro atoms. The van der Waals surface area contributed by atoms with Gasteiger partial charge in [-0.25, -0.2) is 13.4 Å². The van der Waals surface area contributed by atoms with E-state index in [1.165, 1.54) is 11.3 Å². The Labute approximate surface area is 111 Å². The Morgan fingerprint density at radius 1 is 1.39 bits per heavy atom. The largest absolute Gasteiger partial charge is 0.326 e. The number of likely N-dealkylation sites (N-methyl/N-ethyl adjacent to an activating group) is 1. The highest BCUT2D eigenvalue weighted by atomic mass is 32.2. The highest BCUT2D eigenvalue weighted by molar-refractivity contribution is 7.89. The Kier molecular flexibility index (Phi) is 4.36. The molecule has 0 aliphatic carbocycles. The molecule has 1 aromatic rings. The Morgan fingerprint density at radius 2 is 2.06 bits per heavy atom. The zero-order valence-electron chi connectivity index (χ0n) is 10.3. The fraction of sp³-hybridized carbons (Fsp3) is 0.600. The molecule has 1 aliphatic heterocycles. The molecule has 6 nitrogen and oxygen atoms in total. The molecule has 0 bridgehead atoms. The molecule has 2 heterocycles. The van der Waals surface area contributed by atoms with Gasteiger partial charge in [0.2, 0.25) is 0 Å². The van der Waals surface area contributed by atoms with E-state index >= 15 is 0 Å². The molecule has 1 saturated heterocycles. The Hall–Kier alpha value is -0.510. The summed E-state index contributed by atoms with van der Waals surface area (Å²) >= 11 is 1.37. The van der Waals surface area contributed by atoms with Crippen LogP contribution in [0.3, 0.4) is 0 Å². The summed E-state index contributed by atoms with van der Waals surface area (Å²) in [5, 5.41) is 3.49. The molecular weight excluding hydrogens is 272 g/mol. The fourth-order valence-corrected chi connectivity index (χ4v) is 4.29. The molecule has 0 radical (unpaired) electrons. The van der Waals surface area contributed by atoms with Crippen LogP contribution in [0.25, 0.3) is 0 Å². The van der Waals surface area contributed by atoms with Crippen LogP contribution in [-0.4, -0.2) is 51.6 Å². The normalized spacial score (nSPS) is 19.2. The van der Waals surface area contributed by atoms with Crippen molar-refractivity contribution >= 4 is 21.4 Å². The first-order chi connectivity index (χ1) is 8.53. The van der Waals surface area contributed by atoms with Crippen molar-refractivity contribution in [3.8, 4) is 0 Å². The van der Waals surface area contributed by atoms with Gasteiger partial charge in [-0.05, 0) is 18.5 Å². The first kappa shape index (κ1) is 13.9. The van der Waals surface area contributed by atoms with E-state index in [-0.39, 0.29) is 6.54 Å². The van der Waals surface area contributed by atoms with Gasteiger partial charge < -0.3 is 10.6 Å². The second kappa shape index (κ2) is 5.64. The lowest BCUT2D eigenvalue weighted by atomic mass is 10.4. The topological polar surface area (TPSA) is 78.7 Å². The van der Waals surface area contributed by atoms with E-state index in [1.54, 1.807) is 16.5 Å². The molecule has 0 aromatic carbocycles. The number of nitrogens with two attached hydrogens (primary N) is 1. The Balaban J connectivity index is 2.08. The van der Waals surface area contributed by atoms with Crippen LogP contribution < -0.4 is 10.6 Å². The summed E-state index contributed by atoms with van der Waals surface area (Å²) in [6.45, 7) is 3.35. The standard InChI is InChI=1S/C10H18N4O2S2/c1-13-3-5-14(6-4-13)12-18(15,16)10-2-7-17-9(10)8-11/h2,7,12H,3-6,8,11H2,1H3. The maximum absolute atomic E-state index is 12.2. The molecule has 102 valence electrons. The van der Waals surface area contributed by atoms with Crippen LogP contribution in [0, 0.1) is 0 Å². The number of thiophene rings is 1. The van der Waals surface area contributed by atoms with Crippen molar-refractivity contribution in [1.82, 2.24) is 14.7 Å². The smallest absolute Gasteiger partial charge is 0.254 e. The SMILES string of the molecule is CN1CCN(NS(=O)(=O)c2ccsc2CN)CC1. The molecule has 8 heteroatoms. The fourth-order valence-electron chi connectivity index (χ4n) is 1.83. The van der Waals surface area contributed by atoms with Crippen LogP contribution in [0.1, 0.15) is 4.88 Å². The molecule has 0 unspecified atom stereocenters. The van der Waals surface area contributed by atoms with Crippen LogP contribution in [0.5, 0.6) is 0 Å². The summed E-state index contributed by atoms with van der Waals surface area (Å²) < 4.78 is 24.4. The van der Waals surface area contributed by atoms with Gasteiger partial charge in [0, 0.05) is 37.6 Å². The molecular formula is C10H18N4O2S2. The molecule has 18 heavy (non-hydrogen) atoms. The van der Waals surface area contributed by atoms with Crippen molar-refractivity contribution in [2.45, 2.75) is 11.4 Å². The van der Waals surface area contributed by atoms with E-state index in [9.17, 15) is 8.42 Å². The van der Waals surface area contributed by atoms with E-state index in [0.29, 0.717) is 22.9 Å². The molecule has 1 aromatic heterocycles. The van der Waals surface area contributed by atoms with Gasteiger partial charge in [-0.3, -0.25) is 0 Å². The van der Waals surface area contributed by atoms with E-state index in [2.05, 4.69) is 9.73 Å². The minimum Gasteiger partial charge on any atom is -0.326 e. The van der Waals surface area contributed by atoms with Gasteiger partial charge in [-0.15, -0.1) is 16.2 Å². The molecule has 1 fully saturated rings. The second-order valence-corrected chi connectivity index (χ2v) is 6.93. The number of nitrogens with zero attached hydrogens (tertiary/aromatic N) is 2. The average molecular weight is 290 g/mol. The van der Waals surface area contributed by atoms with Crippen molar-refractivity contribution < 1.29 is 8.42 Å². The zero-order valence-corrected chi connectivity index (χ0v) is 11.9. The average Bonchev–Trinajstić information content (AvgIpc) is 2.81. The van der Waals surface area contributed by atoms with Crippen molar-refractivity contribution in [2.24, 2.45) is 5.73 Å². The number of hydrogen-bond donors (Lipinski definition) is 2. The second-order valence-electron chi connectivity index (χ2n) is 4.30. The lowest BCUT2D eigenvalue weighted by Gasteiger charge is -2.32. The molecule has 0 amide bonds. The van der Waals surface area contributed by atoms with Crippen molar-refractivity contribution in [3.05, 3.63) is 16.3 Å². The number of sulfonamides is 1. The van der Waals surface area contributed by atoms with Crippen LogP contribution >= 0.6 is 11.3 Å². The third kappa shape index (κ3) is 3.08. The van der Waals surface area contributed by atoms with Gasteiger partial charge in [-0.2, -0.15) is 0 Å². The van der Waals surface area contributed by atoms with Crippen molar-refractivity contribution in [3.63, 3.8) is 0 Å². The minimum atomic E-state index is -3.49. The summed E-state index contributed by atoms with van der Waals surface area (Å²) in [7, 11) is -1.46. The summed E-state index contributed by atoms with van der Waals surface area (Å²) in [5.41, 5.74) is 5.54. The third-order valence-corrected chi connectivity index (χ3v) is 5.46. The van der Waals surface area contributed by atoms with E-state index < -0.39 is 10.0 Å². The van der Waals surface area contributed by atoms with Crippen LogP contribution in [-0.2, 0) is 16.6 Å². The van der Waals surface area contributed by atoms with Crippen LogP contribution in [0.2, 0.25) is 0 Å². The monoisotopic (exact) mass is 290 g/mol. The van der Waals surface area contributed by atoms with Crippen molar-refractivity contribution in [1.29, 1.82) is 0 Å². The predicted octanol–water partition coefficient (Wildman–Crippen LogP) is -0.352. The van der Waals surface area contributed by atoms with Gasteiger partial charge in [0.25, 0.3) is 10.0 Å². The van der Waals surface area contributed by atoms with Gasteiger partial charge >= 0.3 is 0 Å². The van der Waals surface area contributed by atoms with Crippen LogP contribution in [0.15, 0.2) is 16.3 Å². The number of rotatable bonds is 4. The van der Waals surface area contributed by atoms with E-state index in [0.717, 1.165) is 13.1 Å². The molecule has 1 aliphatic rings. The number of nitrogens with one attached hydrogen (secondary N) is 1.